The Kier molecular flexibility index (Phi) is 12.5. The standard InChI is InChI=1S/C20H35NO13S/c1-9(24)21-13-18(34-20-17(29)16(28)14(26)10(7-22)33-20)15(27)11(8-23)32-19(13)31-4-6-35-5-3-12(25)30-2/h10-11,13-20,22-23,26-29H,3-8H2,1-2H3,(H,21,24)/t10-,11-,13-,14+,15-,16+,17-,18-,19-,20+/m1/s1. The Labute approximate surface area is 206 Å². The molecule has 35 heavy (non-hydrogen) atoms. The third kappa shape index (κ3) is 8.19. The normalized spacial score (nSPS) is 37.6. The molecule has 1 amide bonds. The molecule has 15 heteroatoms. The number of esters is 1. The van der Waals surface area contributed by atoms with Crippen LogP contribution in [0.2, 0.25) is 0 Å². The summed E-state index contributed by atoms with van der Waals surface area (Å²) in [6.07, 6.45) is -12.9. The van der Waals surface area contributed by atoms with Crippen molar-refractivity contribution in [1.29, 1.82) is 0 Å². The molecule has 0 aromatic heterocycles. The minimum absolute atomic E-state index is 0.119. The summed E-state index contributed by atoms with van der Waals surface area (Å²) in [5.74, 6) is 0.0931. The molecular formula is C20H35NO13S. The lowest BCUT2D eigenvalue weighted by molar-refractivity contribution is -0.344. The maximum Gasteiger partial charge on any atom is 0.306 e. The van der Waals surface area contributed by atoms with Gasteiger partial charge in [-0.25, -0.2) is 0 Å². The van der Waals surface area contributed by atoms with E-state index >= 15 is 0 Å². The van der Waals surface area contributed by atoms with Crippen molar-refractivity contribution in [3.8, 4) is 0 Å². The van der Waals surface area contributed by atoms with Crippen molar-refractivity contribution < 1.29 is 63.9 Å². The molecule has 2 fully saturated rings. The van der Waals surface area contributed by atoms with Crippen LogP contribution in [-0.4, -0.2) is 142 Å². The van der Waals surface area contributed by atoms with E-state index in [2.05, 4.69) is 10.1 Å². The Bertz CT molecular complexity index is 671. The van der Waals surface area contributed by atoms with Gasteiger partial charge in [0, 0.05) is 18.4 Å². The average molecular weight is 530 g/mol. The molecule has 204 valence electrons. The largest absolute Gasteiger partial charge is 0.469 e. The van der Waals surface area contributed by atoms with Crippen molar-refractivity contribution >= 4 is 23.6 Å². The van der Waals surface area contributed by atoms with Crippen LogP contribution in [0.25, 0.3) is 0 Å². The number of hydrogen-bond acceptors (Lipinski definition) is 14. The zero-order valence-corrected chi connectivity index (χ0v) is 20.3. The third-order valence-electron chi connectivity index (χ3n) is 5.55. The molecule has 0 aromatic carbocycles. The SMILES string of the molecule is COC(=O)CCSCCO[C@@H]1O[C@H](CO)[C@@H](O)[C@H](O[C@@H]2O[C@H](CO)[C@H](O)[C@H](O)[C@H]2O)[C@H]1NC(C)=O. The third-order valence-corrected chi connectivity index (χ3v) is 6.50. The second kappa shape index (κ2) is 14.6. The van der Waals surface area contributed by atoms with E-state index in [9.17, 15) is 40.2 Å². The van der Waals surface area contributed by atoms with Crippen LogP contribution in [0, 0.1) is 0 Å². The molecule has 0 unspecified atom stereocenters. The van der Waals surface area contributed by atoms with Gasteiger partial charge in [0.25, 0.3) is 0 Å². The first-order chi connectivity index (χ1) is 16.6. The Morgan fingerprint density at radius 2 is 1.54 bits per heavy atom. The van der Waals surface area contributed by atoms with Crippen molar-refractivity contribution in [2.75, 3.05) is 38.4 Å². The summed E-state index contributed by atoms with van der Waals surface area (Å²) < 4.78 is 27.0. The zero-order chi connectivity index (χ0) is 26.1. The number of thioether (sulfide) groups is 1. The highest BCUT2D eigenvalue weighted by atomic mass is 32.2. The van der Waals surface area contributed by atoms with Crippen LogP contribution >= 0.6 is 11.8 Å². The van der Waals surface area contributed by atoms with Gasteiger partial charge in [-0.3, -0.25) is 9.59 Å². The van der Waals surface area contributed by atoms with Gasteiger partial charge in [0.05, 0.1) is 33.4 Å². The van der Waals surface area contributed by atoms with E-state index in [0.29, 0.717) is 11.5 Å². The molecular weight excluding hydrogens is 494 g/mol. The summed E-state index contributed by atoms with van der Waals surface area (Å²) in [6, 6.07) is -1.13. The molecule has 0 spiro atoms. The van der Waals surface area contributed by atoms with Gasteiger partial charge in [0.1, 0.15) is 48.8 Å². The predicted octanol–water partition coefficient (Wildman–Crippen LogP) is -3.93. The topological polar surface area (TPSA) is 214 Å². The quantitative estimate of drug-likeness (QED) is 0.0950. The lowest BCUT2D eigenvalue weighted by Crippen LogP contribution is -2.68. The second-order valence-electron chi connectivity index (χ2n) is 8.05. The molecule has 0 bridgehead atoms. The molecule has 2 rings (SSSR count). The number of hydrogen-bond donors (Lipinski definition) is 7. The first-order valence-electron chi connectivity index (χ1n) is 11.1. The smallest absolute Gasteiger partial charge is 0.306 e. The molecule has 2 heterocycles. The Morgan fingerprint density at radius 3 is 2.14 bits per heavy atom. The van der Waals surface area contributed by atoms with Gasteiger partial charge in [-0.15, -0.1) is 0 Å². The van der Waals surface area contributed by atoms with E-state index in [-0.39, 0.29) is 19.0 Å². The number of aliphatic hydroxyl groups is 6. The van der Waals surface area contributed by atoms with Gasteiger partial charge in [0.2, 0.25) is 5.91 Å². The molecule has 10 atom stereocenters. The van der Waals surface area contributed by atoms with E-state index in [1.165, 1.54) is 25.8 Å². The number of ether oxygens (including phenoxy) is 5. The summed E-state index contributed by atoms with van der Waals surface area (Å²) in [7, 11) is 1.30. The molecule has 0 saturated carbocycles. The van der Waals surface area contributed by atoms with Crippen LogP contribution in [0.1, 0.15) is 13.3 Å². The minimum atomic E-state index is -1.75. The Balaban J connectivity index is 2.11. The van der Waals surface area contributed by atoms with E-state index in [1.54, 1.807) is 0 Å². The van der Waals surface area contributed by atoms with Gasteiger partial charge < -0.3 is 59.6 Å². The molecule has 14 nitrogen and oxygen atoms in total. The number of nitrogens with one attached hydrogen (secondary N) is 1. The predicted molar refractivity (Wildman–Crippen MR) is 118 cm³/mol. The number of amides is 1. The molecule has 0 aliphatic carbocycles. The second-order valence-corrected chi connectivity index (χ2v) is 9.27. The maximum absolute atomic E-state index is 11.9. The van der Waals surface area contributed by atoms with Crippen molar-refractivity contribution in [1.82, 2.24) is 5.32 Å². The summed E-state index contributed by atoms with van der Waals surface area (Å²) in [5.41, 5.74) is 0. The van der Waals surface area contributed by atoms with Crippen LogP contribution in [-0.2, 0) is 33.3 Å². The fraction of sp³-hybridized carbons (Fsp3) is 0.900. The van der Waals surface area contributed by atoms with Gasteiger partial charge in [0.15, 0.2) is 12.6 Å². The van der Waals surface area contributed by atoms with Crippen LogP contribution in [0.15, 0.2) is 0 Å². The van der Waals surface area contributed by atoms with Crippen molar-refractivity contribution in [2.24, 2.45) is 0 Å². The van der Waals surface area contributed by atoms with Crippen LogP contribution < -0.4 is 5.32 Å². The fourth-order valence-electron chi connectivity index (χ4n) is 3.68. The molecule has 0 aromatic rings. The van der Waals surface area contributed by atoms with Crippen LogP contribution in [0.4, 0.5) is 0 Å². The molecule has 2 aliphatic rings. The number of carbonyl (C=O) groups excluding carboxylic acids is 2. The zero-order valence-electron chi connectivity index (χ0n) is 19.5. The van der Waals surface area contributed by atoms with E-state index < -0.39 is 80.5 Å². The Hall–Kier alpha value is -1.11. The monoisotopic (exact) mass is 529 g/mol. The van der Waals surface area contributed by atoms with Crippen LogP contribution in [0.3, 0.4) is 0 Å². The first-order valence-corrected chi connectivity index (χ1v) is 12.2. The van der Waals surface area contributed by atoms with Crippen molar-refractivity contribution in [3.05, 3.63) is 0 Å². The molecule has 7 N–H and O–H groups in total. The molecule has 0 radical (unpaired) electrons. The summed E-state index contributed by atoms with van der Waals surface area (Å²) in [4.78, 5) is 23.1. The average Bonchev–Trinajstić information content (AvgIpc) is 2.83. The lowest BCUT2D eigenvalue weighted by Gasteiger charge is -2.47. The number of methoxy groups -OCH3 is 1. The summed E-state index contributed by atoms with van der Waals surface area (Å²) in [6.45, 7) is 0.0217. The van der Waals surface area contributed by atoms with Gasteiger partial charge in [-0.2, -0.15) is 11.8 Å². The highest BCUT2D eigenvalue weighted by Gasteiger charge is 2.51. The van der Waals surface area contributed by atoms with Gasteiger partial charge in [-0.1, -0.05) is 0 Å². The number of carbonyl (C=O) groups is 2. The summed E-state index contributed by atoms with van der Waals surface area (Å²) in [5, 5.41) is 62.7. The summed E-state index contributed by atoms with van der Waals surface area (Å²) >= 11 is 1.41. The first kappa shape index (κ1) is 30.1. The number of aliphatic hydroxyl groups excluding tert-OH is 6. The number of rotatable bonds is 12. The molecule has 2 saturated heterocycles. The van der Waals surface area contributed by atoms with Gasteiger partial charge in [-0.05, 0) is 0 Å². The highest BCUT2D eigenvalue weighted by Crippen LogP contribution is 2.29. The van der Waals surface area contributed by atoms with Crippen LogP contribution in [0.5, 0.6) is 0 Å². The fourth-order valence-corrected chi connectivity index (χ4v) is 4.41. The minimum Gasteiger partial charge on any atom is -0.469 e. The van der Waals surface area contributed by atoms with Crippen molar-refractivity contribution in [2.45, 2.75) is 74.7 Å². The lowest BCUT2D eigenvalue weighted by atomic mass is 9.95. The molecule has 2 aliphatic heterocycles. The van der Waals surface area contributed by atoms with Crippen molar-refractivity contribution in [3.63, 3.8) is 0 Å². The maximum atomic E-state index is 11.9. The van der Waals surface area contributed by atoms with E-state index in [1.807, 2.05) is 0 Å². The Morgan fingerprint density at radius 1 is 0.914 bits per heavy atom. The highest BCUT2D eigenvalue weighted by molar-refractivity contribution is 7.99. The van der Waals surface area contributed by atoms with E-state index in [0.717, 1.165) is 0 Å². The van der Waals surface area contributed by atoms with E-state index in [4.69, 9.17) is 18.9 Å². The van der Waals surface area contributed by atoms with Gasteiger partial charge >= 0.3 is 5.97 Å².